The molecule has 0 radical (unpaired) electrons. The number of nitrogens with zero attached hydrogens (tertiary/aromatic N) is 1. The lowest BCUT2D eigenvalue weighted by molar-refractivity contribution is 0.556. The predicted octanol–water partition coefficient (Wildman–Crippen LogP) is 2.20. The molecule has 0 aliphatic heterocycles. The highest BCUT2D eigenvalue weighted by Gasteiger charge is 2.03. The van der Waals surface area contributed by atoms with Crippen LogP contribution in [0.25, 0.3) is 0 Å². The molecule has 0 saturated carbocycles. The summed E-state index contributed by atoms with van der Waals surface area (Å²) in [4.78, 5) is 0. The molecule has 1 heterocycles. The molecule has 0 bridgehead atoms. The van der Waals surface area contributed by atoms with Crippen LogP contribution < -0.4 is 5.32 Å². The monoisotopic (exact) mass is 213 g/mol. The van der Waals surface area contributed by atoms with Crippen molar-refractivity contribution in [2.45, 2.75) is 25.8 Å². The topological polar surface area (TPSA) is 40.7 Å². The van der Waals surface area contributed by atoms with Gasteiger partial charge in [-0.25, -0.2) is 0 Å². The zero-order chi connectivity index (χ0) is 10.2. The van der Waals surface area contributed by atoms with Crippen molar-refractivity contribution in [3.63, 3.8) is 0 Å². The van der Waals surface area contributed by atoms with E-state index in [1.54, 1.807) is 0 Å². The Hall–Kier alpha value is -0.480. The molecule has 2 N–H and O–H groups in total. The third-order valence-electron chi connectivity index (χ3n) is 2.25. The first kappa shape index (κ1) is 11.6. The van der Waals surface area contributed by atoms with Gasteiger partial charge < -0.3 is 5.32 Å². The first-order chi connectivity index (χ1) is 6.84. The van der Waals surface area contributed by atoms with Crippen LogP contribution in [-0.2, 0) is 0 Å². The Labute approximate surface area is 90.1 Å². The Morgan fingerprint density at radius 1 is 1.57 bits per heavy atom. The summed E-state index contributed by atoms with van der Waals surface area (Å²) in [6.07, 6.45) is 8.52. The molecule has 0 saturated heterocycles. The van der Waals surface area contributed by atoms with E-state index in [0.717, 1.165) is 6.54 Å². The molecule has 0 spiro atoms. The van der Waals surface area contributed by atoms with E-state index in [0.29, 0.717) is 6.04 Å². The van der Waals surface area contributed by atoms with Crippen LogP contribution in [0.15, 0.2) is 12.4 Å². The van der Waals surface area contributed by atoms with Gasteiger partial charge in [0.15, 0.2) is 0 Å². The summed E-state index contributed by atoms with van der Waals surface area (Å²) in [7, 11) is 0. The number of hydrogen-bond acceptors (Lipinski definition) is 3. The van der Waals surface area contributed by atoms with Gasteiger partial charge in [0.05, 0.1) is 6.20 Å². The summed E-state index contributed by atoms with van der Waals surface area (Å²) in [5.74, 6) is 1.27. The predicted molar refractivity (Wildman–Crippen MR) is 62.6 cm³/mol. The average Bonchev–Trinajstić information content (AvgIpc) is 2.70. The maximum absolute atomic E-state index is 3.93. The van der Waals surface area contributed by atoms with Gasteiger partial charge in [-0.1, -0.05) is 0 Å². The molecule has 1 rings (SSSR count). The van der Waals surface area contributed by atoms with Crippen molar-refractivity contribution in [3.8, 4) is 0 Å². The van der Waals surface area contributed by atoms with Crippen molar-refractivity contribution in [3.05, 3.63) is 18.0 Å². The SMILES string of the molecule is CSCCCCNC(C)c1cn[nH]c1. The van der Waals surface area contributed by atoms with Crippen molar-refractivity contribution < 1.29 is 0 Å². The highest BCUT2D eigenvalue weighted by Crippen LogP contribution is 2.08. The number of rotatable bonds is 7. The Morgan fingerprint density at radius 3 is 3.07 bits per heavy atom. The molecule has 3 nitrogen and oxygen atoms in total. The van der Waals surface area contributed by atoms with E-state index >= 15 is 0 Å². The van der Waals surface area contributed by atoms with E-state index in [1.807, 2.05) is 24.2 Å². The fraction of sp³-hybridized carbons (Fsp3) is 0.700. The maximum Gasteiger partial charge on any atom is 0.0534 e. The van der Waals surface area contributed by atoms with Gasteiger partial charge in [-0.3, -0.25) is 5.10 Å². The minimum Gasteiger partial charge on any atom is -0.310 e. The van der Waals surface area contributed by atoms with Gasteiger partial charge in [0.2, 0.25) is 0 Å². The van der Waals surface area contributed by atoms with Crippen LogP contribution in [0.4, 0.5) is 0 Å². The van der Waals surface area contributed by atoms with E-state index in [4.69, 9.17) is 0 Å². The molecule has 0 aromatic carbocycles. The quantitative estimate of drug-likeness (QED) is 0.682. The van der Waals surface area contributed by atoms with Crippen LogP contribution >= 0.6 is 11.8 Å². The van der Waals surface area contributed by atoms with Gasteiger partial charge in [-0.15, -0.1) is 0 Å². The van der Waals surface area contributed by atoms with Crippen molar-refractivity contribution >= 4 is 11.8 Å². The van der Waals surface area contributed by atoms with Gasteiger partial charge in [0.25, 0.3) is 0 Å². The molecular formula is C10H19N3S. The minimum absolute atomic E-state index is 0.406. The van der Waals surface area contributed by atoms with Crippen LogP contribution in [-0.4, -0.2) is 28.8 Å². The summed E-state index contributed by atoms with van der Waals surface area (Å²) in [5, 5.41) is 10.2. The minimum atomic E-state index is 0.406. The van der Waals surface area contributed by atoms with Gasteiger partial charge in [0, 0.05) is 17.8 Å². The summed E-state index contributed by atoms with van der Waals surface area (Å²) >= 11 is 1.92. The van der Waals surface area contributed by atoms with Crippen molar-refractivity contribution in [2.24, 2.45) is 0 Å². The third kappa shape index (κ3) is 4.15. The van der Waals surface area contributed by atoms with Gasteiger partial charge in [-0.05, 0) is 38.3 Å². The maximum atomic E-state index is 3.93. The molecule has 1 unspecified atom stereocenters. The highest BCUT2D eigenvalue weighted by molar-refractivity contribution is 7.98. The normalized spacial score (nSPS) is 13.0. The van der Waals surface area contributed by atoms with E-state index in [9.17, 15) is 0 Å². The average molecular weight is 213 g/mol. The Balaban J connectivity index is 2.07. The highest BCUT2D eigenvalue weighted by atomic mass is 32.2. The molecule has 0 aliphatic rings. The van der Waals surface area contributed by atoms with Crippen LogP contribution in [0.1, 0.15) is 31.4 Å². The third-order valence-corrected chi connectivity index (χ3v) is 2.94. The zero-order valence-electron chi connectivity index (χ0n) is 8.92. The summed E-state index contributed by atoms with van der Waals surface area (Å²) in [6.45, 7) is 3.26. The van der Waals surface area contributed by atoms with Gasteiger partial charge in [0.1, 0.15) is 0 Å². The fourth-order valence-corrected chi connectivity index (χ4v) is 1.80. The number of nitrogens with one attached hydrogen (secondary N) is 2. The van der Waals surface area contributed by atoms with E-state index in [2.05, 4.69) is 28.7 Å². The molecule has 1 atom stereocenters. The standard InChI is InChI=1S/C10H19N3S/c1-9(10-7-12-13-8-10)11-5-3-4-6-14-2/h7-9,11H,3-6H2,1-2H3,(H,12,13). The number of aromatic amines is 1. The second-order valence-electron chi connectivity index (χ2n) is 3.41. The second-order valence-corrected chi connectivity index (χ2v) is 4.39. The molecule has 1 aromatic rings. The molecular weight excluding hydrogens is 194 g/mol. The second kappa shape index (κ2) is 6.90. The van der Waals surface area contributed by atoms with Gasteiger partial charge >= 0.3 is 0 Å². The summed E-state index contributed by atoms with van der Waals surface area (Å²) in [6, 6.07) is 0.406. The van der Waals surface area contributed by atoms with Crippen LogP contribution in [0.5, 0.6) is 0 Å². The lowest BCUT2D eigenvalue weighted by atomic mass is 10.2. The van der Waals surface area contributed by atoms with Crippen LogP contribution in [0.2, 0.25) is 0 Å². The fourth-order valence-electron chi connectivity index (χ4n) is 1.31. The molecule has 80 valence electrons. The van der Waals surface area contributed by atoms with E-state index in [1.165, 1.54) is 24.2 Å². The number of hydrogen-bond donors (Lipinski definition) is 2. The number of unbranched alkanes of at least 4 members (excludes halogenated alkanes) is 1. The molecule has 14 heavy (non-hydrogen) atoms. The molecule has 0 fully saturated rings. The van der Waals surface area contributed by atoms with Crippen molar-refractivity contribution in [2.75, 3.05) is 18.6 Å². The number of thioether (sulfide) groups is 1. The van der Waals surface area contributed by atoms with Crippen molar-refractivity contribution in [1.82, 2.24) is 15.5 Å². The summed E-state index contributed by atoms with van der Waals surface area (Å²) < 4.78 is 0. The lowest BCUT2D eigenvalue weighted by Gasteiger charge is -2.11. The number of H-pyrrole nitrogens is 1. The Kier molecular flexibility index (Phi) is 5.71. The van der Waals surface area contributed by atoms with Gasteiger partial charge in [-0.2, -0.15) is 16.9 Å². The van der Waals surface area contributed by atoms with E-state index in [-0.39, 0.29) is 0 Å². The van der Waals surface area contributed by atoms with Crippen LogP contribution in [0, 0.1) is 0 Å². The first-order valence-corrected chi connectivity index (χ1v) is 6.45. The molecule has 4 heteroatoms. The first-order valence-electron chi connectivity index (χ1n) is 5.05. The zero-order valence-corrected chi connectivity index (χ0v) is 9.73. The van der Waals surface area contributed by atoms with Crippen LogP contribution in [0.3, 0.4) is 0 Å². The number of aromatic nitrogens is 2. The Morgan fingerprint density at radius 2 is 2.43 bits per heavy atom. The lowest BCUT2D eigenvalue weighted by Crippen LogP contribution is -2.19. The van der Waals surface area contributed by atoms with E-state index < -0.39 is 0 Å². The molecule has 1 aromatic heterocycles. The summed E-state index contributed by atoms with van der Waals surface area (Å²) in [5.41, 5.74) is 1.23. The molecule has 0 amide bonds. The largest absolute Gasteiger partial charge is 0.310 e. The molecule has 0 aliphatic carbocycles. The van der Waals surface area contributed by atoms with Crippen molar-refractivity contribution in [1.29, 1.82) is 0 Å². The Bertz CT molecular complexity index is 223. The smallest absolute Gasteiger partial charge is 0.0534 e.